The topological polar surface area (TPSA) is 80.6 Å². The number of carbonyl (C=O) groups excluding carboxylic acids is 2. The Labute approximate surface area is 179 Å². The number of rotatable bonds is 7. The minimum Gasteiger partial charge on any atom is -0.486 e. The zero-order valence-corrected chi connectivity index (χ0v) is 17.8. The van der Waals surface area contributed by atoms with E-state index in [9.17, 15) is 9.59 Å². The van der Waals surface area contributed by atoms with E-state index in [0.717, 1.165) is 16.1 Å². The quantitative estimate of drug-likeness (QED) is 0.563. The Morgan fingerprint density at radius 1 is 1.23 bits per heavy atom. The second-order valence-electron chi connectivity index (χ2n) is 7.63. The summed E-state index contributed by atoms with van der Waals surface area (Å²) in [6, 6.07) is 13.0. The summed E-state index contributed by atoms with van der Waals surface area (Å²) in [5, 5.41) is 7.92. The maximum atomic E-state index is 12.7. The Morgan fingerprint density at radius 3 is 2.87 bits per heavy atom. The van der Waals surface area contributed by atoms with Gasteiger partial charge in [-0.2, -0.15) is 0 Å². The van der Waals surface area contributed by atoms with E-state index in [4.69, 9.17) is 9.15 Å². The van der Waals surface area contributed by atoms with Crippen LogP contribution in [0.5, 0.6) is 5.75 Å². The van der Waals surface area contributed by atoms with Crippen molar-refractivity contribution in [3.63, 3.8) is 0 Å². The number of benzene rings is 1. The number of amides is 2. The number of aryl methyl sites for hydroxylation is 1. The van der Waals surface area contributed by atoms with Gasteiger partial charge in [-0.25, -0.2) is 0 Å². The van der Waals surface area contributed by atoms with Gasteiger partial charge in [0.15, 0.2) is 5.76 Å². The van der Waals surface area contributed by atoms with Gasteiger partial charge in [0, 0.05) is 17.0 Å². The first kappa shape index (κ1) is 20.2. The van der Waals surface area contributed by atoms with E-state index in [1.807, 2.05) is 35.7 Å². The summed E-state index contributed by atoms with van der Waals surface area (Å²) < 4.78 is 11.5. The van der Waals surface area contributed by atoms with Crippen molar-refractivity contribution in [1.29, 1.82) is 0 Å². The van der Waals surface area contributed by atoms with Crippen molar-refractivity contribution in [2.24, 2.45) is 5.92 Å². The largest absolute Gasteiger partial charge is 0.486 e. The summed E-state index contributed by atoms with van der Waals surface area (Å²) in [5.41, 5.74) is 1.89. The highest BCUT2D eigenvalue weighted by Crippen LogP contribution is 2.28. The molecule has 6 nitrogen and oxygen atoms in total. The van der Waals surface area contributed by atoms with E-state index in [2.05, 4.69) is 24.5 Å². The molecule has 3 aromatic rings. The first-order valence-electron chi connectivity index (χ1n) is 9.98. The van der Waals surface area contributed by atoms with Gasteiger partial charge in [0.25, 0.3) is 5.91 Å². The summed E-state index contributed by atoms with van der Waals surface area (Å²) in [5.74, 6) is 1.60. The predicted octanol–water partition coefficient (Wildman–Crippen LogP) is 4.93. The van der Waals surface area contributed by atoms with Crippen LogP contribution in [0.1, 0.15) is 53.1 Å². The molecular formula is C23H24N2O4S. The number of nitrogens with one attached hydrogen (secondary N) is 2. The zero-order valence-electron chi connectivity index (χ0n) is 16.9. The SMILES string of the molecule is CC(C)C(NC(=O)c1ccc(COc2ccc3c(c2)CCC(=O)N3)o1)c1cccs1. The standard InChI is InChI=1S/C23H24N2O4S/c1-14(2)22(20-4-3-11-30-20)25-23(27)19-9-7-17(29-19)13-28-16-6-8-18-15(12-16)5-10-21(26)24-18/h3-4,6-9,11-12,14,22H,5,10,13H2,1-2H3,(H,24,26)(H,25,27). The Morgan fingerprint density at radius 2 is 2.10 bits per heavy atom. The van der Waals surface area contributed by atoms with Crippen molar-refractivity contribution >= 4 is 28.8 Å². The maximum absolute atomic E-state index is 12.7. The Bertz CT molecular complexity index is 1040. The lowest BCUT2D eigenvalue weighted by Crippen LogP contribution is -2.30. The lowest BCUT2D eigenvalue weighted by molar-refractivity contribution is -0.116. The van der Waals surface area contributed by atoms with E-state index >= 15 is 0 Å². The fourth-order valence-electron chi connectivity index (χ4n) is 3.43. The molecule has 1 aliphatic heterocycles. The molecule has 156 valence electrons. The van der Waals surface area contributed by atoms with Crippen LogP contribution in [0.15, 0.2) is 52.3 Å². The normalized spacial score (nSPS) is 14.2. The Balaban J connectivity index is 1.37. The van der Waals surface area contributed by atoms with Crippen LogP contribution in [-0.2, 0) is 17.8 Å². The number of anilines is 1. The van der Waals surface area contributed by atoms with Crippen LogP contribution in [-0.4, -0.2) is 11.8 Å². The highest BCUT2D eigenvalue weighted by molar-refractivity contribution is 7.10. The van der Waals surface area contributed by atoms with Crippen molar-refractivity contribution in [3.8, 4) is 5.75 Å². The van der Waals surface area contributed by atoms with Crippen molar-refractivity contribution in [2.45, 2.75) is 39.3 Å². The molecule has 2 amide bonds. The molecule has 1 aromatic carbocycles. The first-order valence-corrected chi connectivity index (χ1v) is 10.9. The molecule has 7 heteroatoms. The van der Waals surface area contributed by atoms with Crippen molar-refractivity contribution in [3.05, 3.63) is 69.8 Å². The van der Waals surface area contributed by atoms with E-state index < -0.39 is 0 Å². The molecule has 2 N–H and O–H groups in total. The summed E-state index contributed by atoms with van der Waals surface area (Å²) in [6.07, 6.45) is 1.18. The number of ether oxygens (including phenoxy) is 1. The highest BCUT2D eigenvalue weighted by atomic mass is 32.1. The van der Waals surface area contributed by atoms with Gasteiger partial charge >= 0.3 is 0 Å². The average molecular weight is 425 g/mol. The Kier molecular flexibility index (Phi) is 5.90. The van der Waals surface area contributed by atoms with Gasteiger partial charge in [-0.05, 0) is 59.7 Å². The van der Waals surface area contributed by atoms with E-state index in [0.29, 0.717) is 24.4 Å². The third kappa shape index (κ3) is 4.57. The number of hydrogen-bond donors (Lipinski definition) is 2. The lowest BCUT2D eigenvalue weighted by atomic mass is 10.0. The van der Waals surface area contributed by atoms with Crippen molar-refractivity contribution < 1.29 is 18.7 Å². The van der Waals surface area contributed by atoms with Crippen molar-refractivity contribution in [2.75, 3.05) is 5.32 Å². The fourth-order valence-corrected chi connectivity index (χ4v) is 4.38. The highest BCUT2D eigenvalue weighted by Gasteiger charge is 2.22. The van der Waals surface area contributed by atoms with Crippen LogP contribution in [0.4, 0.5) is 5.69 Å². The number of carbonyl (C=O) groups is 2. The van der Waals surface area contributed by atoms with Crippen LogP contribution in [0.2, 0.25) is 0 Å². The minimum absolute atomic E-state index is 0.0383. The van der Waals surface area contributed by atoms with Crippen LogP contribution in [0, 0.1) is 5.92 Å². The third-order valence-electron chi connectivity index (χ3n) is 5.04. The molecule has 0 saturated carbocycles. The molecule has 0 spiro atoms. The summed E-state index contributed by atoms with van der Waals surface area (Å²) in [6.45, 7) is 4.38. The molecule has 4 rings (SSSR count). The summed E-state index contributed by atoms with van der Waals surface area (Å²) in [4.78, 5) is 25.2. The van der Waals surface area contributed by atoms with Crippen LogP contribution in [0.25, 0.3) is 0 Å². The first-order chi connectivity index (χ1) is 14.5. The molecule has 2 aromatic heterocycles. The second-order valence-corrected chi connectivity index (χ2v) is 8.61. The minimum atomic E-state index is -0.238. The summed E-state index contributed by atoms with van der Waals surface area (Å²) in [7, 11) is 0. The third-order valence-corrected chi connectivity index (χ3v) is 6.00. The van der Waals surface area contributed by atoms with Crippen LogP contribution in [0.3, 0.4) is 0 Å². The maximum Gasteiger partial charge on any atom is 0.287 e. The molecular weight excluding hydrogens is 400 g/mol. The molecule has 0 aliphatic carbocycles. The molecule has 1 atom stereocenters. The van der Waals surface area contributed by atoms with Gasteiger partial charge < -0.3 is 19.8 Å². The van der Waals surface area contributed by atoms with Crippen LogP contribution < -0.4 is 15.4 Å². The molecule has 0 saturated heterocycles. The zero-order chi connectivity index (χ0) is 21.1. The van der Waals surface area contributed by atoms with Gasteiger partial charge in [0.1, 0.15) is 18.1 Å². The van der Waals surface area contributed by atoms with Crippen LogP contribution >= 0.6 is 11.3 Å². The molecule has 3 heterocycles. The molecule has 30 heavy (non-hydrogen) atoms. The predicted molar refractivity (Wildman–Crippen MR) is 116 cm³/mol. The molecule has 0 radical (unpaired) electrons. The van der Waals surface area contributed by atoms with Gasteiger partial charge in [0.05, 0.1) is 6.04 Å². The number of fused-ring (bicyclic) bond motifs is 1. The Hall–Kier alpha value is -3.06. The molecule has 1 unspecified atom stereocenters. The number of hydrogen-bond acceptors (Lipinski definition) is 5. The fraction of sp³-hybridized carbons (Fsp3) is 0.304. The lowest BCUT2D eigenvalue weighted by Gasteiger charge is -2.20. The van der Waals surface area contributed by atoms with Crippen molar-refractivity contribution in [1.82, 2.24) is 5.32 Å². The molecule has 0 bridgehead atoms. The number of thiophene rings is 1. The molecule has 0 fully saturated rings. The summed E-state index contributed by atoms with van der Waals surface area (Å²) >= 11 is 1.63. The van der Waals surface area contributed by atoms with E-state index in [-0.39, 0.29) is 36.1 Å². The molecule has 1 aliphatic rings. The average Bonchev–Trinajstić information content (AvgIpc) is 3.42. The van der Waals surface area contributed by atoms with Gasteiger partial charge in [-0.1, -0.05) is 19.9 Å². The van der Waals surface area contributed by atoms with Gasteiger partial charge in [-0.15, -0.1) is 11.3 Å². The van der Waals surface area contributed by atoms with Gasteiger partial charge in [-0.3, -0.25) is 9.59 Å². The van der Waals surface area contributed by atoms with E-state index in [1.54, 1.807) is 23.5 Å². The second kappa shape index (κ2) is 8.75. The monoisotopic (exact) mass is 424 g/mol. The van der Waals surface area contributed by atoms with E-state index in [1.165, 1.54) is 0 Å². The number of furan rings is 1. The smallest absolute Gasteiger partial charge is 0.287 e. The van der Waals surface area contributed by atoms with Gasteiger partial charge in [0.2, 0.25) is 5.91 Å².